The molecule has 0 heterocycles. The van der Waals surface area contributed by atoms with Crippen molar-refractivity contribution in [3.05, 3.63) is 177 Å². The van der Waals surface area contributed by atoms with E-state index in [9.17, 15) is 52.7 Å². The van der Waals surface area contributed by atoms with Crippen molar-refractivity contribution in [2.24, 2.45) is 0 Å². The second kappa shape index (κ2) is 16.4. The van der Waals surface area contributed by atoms with Crippen molar-refractivity contribution in [2.45, 2.75) is 58.9 Å². The van der Waals surface area contributed by atoms with Gasteiger partial charge in [0.1, 0.15) is 0 Å². The molecule has 0 amide bonds. The van der Waals surface area contributed by atoms with Crippen LogP contribution >= 0.6 is 17.0 Å². The zero-order chi connectivity index (χ0) is 48.1. The average Bonchev–Trinajstić information content (AvgIpc) is 3.78. The number of alkyl halides is 12. The van der Waals surface area contributed by atoms with E-state index in [-0.39, 0.29) is 34.4 Å². The molecule has 6 aromatic carbocycles. The van der Waals surface area contributed by atoms with Crippen LogP contribution in [0.4, 0.5) is 52.7 Å². The predicted octanol–water partition coefficient (Wildman–Crippen LogP) is 18.0. The summed E-state index contributed by atoms with van der Waals surface area (Å²) < 4.78 is 171. The molecule has 0 N–H and O–H groups in total. The summed E-state index contributed by atoms with van der Waals surface area (Å²) in [6.45, 7) is 7.45. The molecule has 0 aliphatic heterocycles. The van der Waals surface area contributed by atoms with Gasteiger partial charge in [0.15, 0.2) is 0 Å². The van der Waals surface area contributed by atoms with E-state index in [1.165, 1.54) is 0 Å². The minimum atomic E-state index is -5.83. The Hall–Kier alpha value is -4.36. The van der Waals surface area contributed by atoms with Crippen molar-refractivity contribution in [1.29, 1.82) is 0 Å². The van der Waals surface area contributed by atoms with E-state index in [0.29, 0.717) is 79.9 Å². The zero-order valence-electron chi connectivity index (χ0n) is 35.2. The standard InChI is InChI=1S/2C24H15F6.C2H7Si.2ClH.Zr/c2*1-14-9-16-7-8-20(15-5-3-2-4-6-15)22(21(16)10-14)17-11-18(23(25,26)27)13-19(12-17)24(28,29)30;1-3-2;;;/h2*2-13H,1H3;3H,1-2H3;2*1H;/q;;;;;+2/p-2. The van der Waals surface area contributed by atoms with Crippen LogP contribution in [0.3, 0.4) is 0 Å². The molecule has 16 heteroatoms. The van der Waals surface area contributed by atoms with E-state index in [2.05, 4.69) is 0 Å². The molecule has 0 fully saturated rings. The first-order valence-electron chi connectivity index (χ1n) is 20.6. The number of rotatable bonds is 7. The Bertz CT molecular complexity index is 2710. The third-order valence-electron chi connectivity index (χ3n) is 13.0. The van der Waals surface area contributed by atoms with Crippen LogP contribution in [-0.4, -0.2) is 5.92 Å². The van der Waals surface area contributed by atoms with Gasteiger partial charge in [0.2, 0.25) is 0 Å². The summed E-state index contributed by atoms with van der Waals surface area (Å²) in [5, 5.41) is 0. The van der Waals surface area contributed by atoms with Gasteiger partial charge in [0.05, 0.1) is 0 Å². The second-order valence-electron chi connectivity index (χ2n) is 17.3. The van der Waals surface area contributed by atoms with Crippen LogP contribution in [0.1, 0.15) is 65.6 Å². The van der Waals surface area contributed by atoms with E-state index in [0.717, 1.165) is 0 Å². The van der Waals surface area contributed by atoms with Gasteiger partial charge in [-0.1, -0.05) is 0 Å². The molecule has 0 saturated heterocycles. The van der Waals surface area contributed by atoms with Gasteiger partial charge < -0.3 is 0 Å². The van der Waals surface area contributed by atoms with Gasteiger partial charge in [-0.2, -0.15) is 0 Å². The molecule has 66 heavy (non-hydrogen) atoms. The van der Waals surface area contributed by atoms with Crippen molar-refractivity contribution in [3.63, 3.8) is 0 Å². The summed E-state index contributed by atoms with van der Waals surface area (Å²) in [4.78, 5) is 0. The molecule has 8 rings (SSSR count). The van der Waals surface area contributed by atoms with E-state index in [1.807, 2.05) is 13.1 Å². The normalized spacial score (nSPS) is 17.3. The topological polar surface area (TPSA) is 0 Å². The molecule has 2 aliphatic carbocycles. The zero-order valence-corrected chi connectivity index (χ0v) is 40.3. The van der Waals surface area contributed by atoms with Crippen LogP contribution in [0, 0.1) is 0 Å². The van der Waals surface area contributed by atoms with Crippen LogP contribution in [0.25, 0.3) is 56.7 Å². The van der Waals surface area contributed by atoms with Crippen molar-refractivity contribution in [1.82, 2.24) is 0 Å². The average molecular weight is 1060 g/mol. The molecule has 343 valence electrons. The van der Waals surface area contributed by atoms with Crippen LogP contribution in [-0.2, 0) is 40.3 Å². The SMILES string of the molecule is CC1=Cc2c(ccc(-c3ccccc3)c2-c2cc(C(F)(F)F)cc(C(F)(F)F)c2)[CH]1[Zr]([Cl])([Cl])([CH]1C(C)=Cc2c1ccc(-c1ccccc1)c2-c1cc(C(F)(F)F)cc(C(F)(F)F)c1)[SiH](C)C. The number of allylic oxidation sites excluding steroid dienone is 2. The minimum absolute atomic E-state index is 0.0739. The molecule has 6 aromatic rings. The van der Waals surface area contributed by atoms with Crippen molar-refractivity contribution >= 4 is 35.1 Å². The molecule has 0 bridgehead atoms. The van der Waals surface area contributed by atoms with Crippen LogP contribution in [0.15, 0.2) is 132 Å². The maximum absolute atomic E-state index is 14.4. The van der Waals surface area contributed by atoms with Crippen LogP contribution < -0.4 is 0 Å². The van der Waals surface area contributed by atoms with Crippen molar-refractivity contribution in [3.8, 4) is 44.5 Å². The van der Waals surface area contributed by atoms with E-state index < -0.39 is 75.7 Å². The fourth-order valence-corrected chi connectivity index (χ4v) is 43.0. The Morgan fingerprint density at radius 2 is 0.727 bits per heavy atom. The molecular weight excluding hydrogens is 1020 g/mol. The summed E-state index contributed by atoms with van der Waals surface area (Å²) in [5.74, 6) is -2.40. The summed E-state index contributed by atoms with van der Waals surface area (Å²) in [6.07, 6.45) is -17.1. The number of halogens is 14. The summed E-state index contributed by atoms with van der Waals surface area (Å²) in [5.41, 5.74) is -1.79. The monoisotopic (exact) mass is 1050 g/mol. The molecule has 0 radical (unpaired) electrons. The molecule has 2 unspecified atom stereocenters. The Morgan fingerprint density at radius 3 is 1.00 bits per heavy atom. The van der Waals surface area contributed by atoms with Crippen LogP contribution in [0.5, 0.6) is 0 Å². The van der Waals surface area contributed by atoms with E-state index in [1.54, 1.807) is 111 Å². The van der Waals surface area contributed by atoms with Gasteiger partial charge in [-0.25, -0.2) is 0 Å². The van der Waals surface area contributed by atoms with Gasteiger partial charge in [0.25, 0.3) is 0 Å². The van der Waals surface area contributed by atoms with Crippen molar-refractivity contribution in [2.75, 3.05) is 0 Å². The molecule has 0 spiro atoms. The first-order chi connectivity index (χ1) is 30.6. The van der Waals surface area contributed by atoms with Gasteiger partial charge in [0, 0.05) is 0 Å². The maximum atomic E-state index is 14.4. The Balaban J connectivity index is 1.40. The molecule has 2 aliphatic rings. The molecule has 0 nitrogen and oxygen atoms in total. The molecular formula is C50H37Cl2F12SiZr. The fraction of sp³-hybridized carbons (Fsp3) is 0.200. The number of fused-ring (bicyclic) bond motifs is 2. The predicted molar refractivity (Wildman–Crippen MR) is 238 cm³/mol. The van der Waals surface area contributed by atoms with Gasteiger partial charge in [-0.15, -0.1) is 0 Å². The molecule has 0 aromatic heterocycles. The Kier molecular flexibility index (Phi) is 12.0. The fourth-order valence-electron chi connectivity index (χ4n) is 10.0. The van der Waals surface area contributed by atoms with E-state index >= 15 is 0 Å². The summed E-state index contributed by atoms with van der Waals surface area (Å²) in [7, 11) is 16.8. The van der Waals surface area contributed by atoms with Crippen molar-refractivity contribution < 1.29 is 68.2 Å². The van der Waals surface area contributed by atoms with E-state index in [4.69, 9.17) is 17.0 Å². The first kappa shape index (κ1) is 48.1. The molecule has 0 saturated carbocycles. The third-order valence-corrected chi connectivity index (χ3v) is 65.2. The first-order valence-corrected chi connectivity index (χ1v) is 36.9. The Morgan fingerprint density at radius 1 is 0.424 bits per heavy atom. The molecule has 2 atom stereocenters. The quantitative estimate of drug-likeness (QED) is 0.110. The second-order valence-corrected chi connectivity index (χ2v) is 59.8. The number of hydrogen-bond acceptors (Lipinski definition) is 0. The Labute approximate surface area is 381 Å². The summed E-state index contributed by atoms with van der Waals surface area (Å²) in [6, 6.07) is 26.7. The number of benzene rings is 6. The van der Waals surface area contributed by atoms with Gasteiger partial charge >= 0.3 is 384 Å². The van der Waals surface area contributed by atoms with Gasteiger partial charge in [-0.05, 0) is 0 Å². The van der Waals surface area contributed by atoms with Crippen LogP contribution in [0.2, 0.25) is 13.1 Å². The van der Waals surface area contributed by atoms with Gasteiger partial charge in [-0.3, -0.25) is 0 Å². The third kappa shape index (κ3) is 8.25. The summed E-state index contributed by atoms with van der Waals surface area (Å²) >= 11 is -5.83. The number of hydrogen-bond donors (Lipinski definition) is 0.